The largest absolute Gasteiger partial charge is 0.385 e. The molecule has 0 aromatic heterocycles. The van der Waals surface area contributed by atoms with E-state index in [2.05, 4.69) is 39.9 Å². The van der Waals surface area contributed by atoms with Crippen molar-refractivity contribution < 1.29 is 14.6 Å². The van der Waals surface area contributed by atoms with Gasteiger partial charge in [0.25, 0.3) is 0 Å². The summed E-state index contributed by atoms with van der Waals surface area (Å²) in [5, 5.41) is 12.9. The zero-order valence-corrected chi connectivity index (χ0v) is 13.5. The van der Waals surface area contributed by atoms with Crippen LogP contribution in [0.1, 0.15) is 47.5 Å². The fourth-order valence-corrected chi connectivity index (χ4v) is 1.94. The van der Waals surface area contributed by atoms with Crippen molar-refractivity contribution in [3.8, 4) is 0 Å². The van der Waals surface area contributed by atoms with Gasteiger partial charge in [0.15, 0.2) is 0 Å². The lowest BCUT2D eigenvalue weighted by molar-refractivity contribution is -0.174. The van der Waals surface area contributed by atoms with Crippen molar-refractivity contribution in [2.75, 3.05) is 20.3 Å². The van der Waals surface area contributed by atoms with Crippen LogP contribution in [0.4, 0.5) is 0 Å². The molecule has 0 rings (SSSR count). The van der Waals surface area contributed by atoms with Gasteiger partial charge in [0.05, 0.1) is 6.10 Å². The van der Waals surface area contributed by atoms with Crippen LogP contribution in [-0.2, 0) is 9.47 Å². The first kappa shape index (κ1) is 18.8. The summed E-state index contributed by atoms with van der Waals surface area (Å²) in [5.74, 6) is 1.54. The van der Waals surface area contributed by atoms with Gasteiger partial charge in [0.2, 0.25) is 6.41 Å². The number of hydrogen-bond acceptors (Lipinski definition) is 4. The summed E-state index contributed by atoms with van der Waals surface area (Å²) >= 11 is 0. The Hall–Kier alpha value is -0.160. The number of hydrogen-bond donors (Lipinski definition) is 2. The van der Waals surface area contributed by atoms with Crippen molar-refractivity contribution in [3.05, 3.63) is 0 Å². The van der Waals surface area contributed by atoms with E-state index in [1.54, 1.807) is 7.11 Å². The van der Waals surface area contributed by atoms with Crippen molar-refractivity contribution in [1.29, 1.82) is 0 Å². The predicted octanol–water partition coefficient (Wildman–Crippen LogP) is 2.61. The smallest absolute Gasteiger partial charge is 0.213 e. The highest BCUT2D eigenvalue weighted by molar-refractivity contribution is 4.71. The number of aliphatic hydroxyl groups is 1. The van der Waals surface area contributed by atoms with E-state index >= 15 is 0 Å². The molecular formula is C15H33NO3. The maximum absolute atomic E-state index is 9.89. The van der Waals surface area contributed by atoms with Gasteiger partial charge in [-0.1, -0.05) is 34.6 Å². The van der Waals surface area contributed by atoms with Crippen molar-refractivity contribution >= 4 is 0 Å². The maximum atomic E-state index is 9.89. The van der Waals surface area contributed by atoms with Gasteiger partial charge in [0.1, 0.15) is 0 Å². The summed E-state index contributed by atoms with van der Waals surface area (Å²) in [6.45, 7) is 12.3. The van der Waals surface area contributed by atoms with Gasteiger partial charge >= 0.3 is 0 Å². The first-order valence-corrected chi connectivity index (χ1v) is 7.44. The number of methoxy groups -OCH3 is 1. The summed E-state index contributed by atoms with van der Waals surface area (Å²) in [4.78, 5) is 0. The second kappa shape index (κ2) is 10.6. The van der Waals surface area contributed by atoms with Crippen molar-refractivity contribution in [2.24, 2.45) is 17.8 Å². The van der Waals surface area contributed by atoms with Crippen molar-refractivity contribution in [3.63, 3.8) is 0 Å². The minimum absolute atomic E-state index is 0.0879. The van der Waals surface area contributed by atoms with Crippen LogP contribution < -0.4 is 5.32 Å². The topological polar surface area (TPSA) is 50.7 Å². The lowest BCUT2D eigenvalue weighted by Gasteiger charge is -2.30. The number of ether oxygens (including phenoxy) is 2. The maximum Gasteiger partial charge on any atom is 0.213 e. The SMILES string of the molecule is COCCCNC(O)O[C@@H](CC(C)C)C(C)C(C)C. The van der Waals surface area contributed by atoms with Crippen LogP contribution in [0.3, 0.4) is 0 Å². The molecule has 3 atom stereocenters. The average Bonchev–Trinajstić information content (AvgIpc) is 2.32. The molecule has 0 aromatic rings. The Kier molecular flexibility index (Phi) is 10.5. The number of aliphatic hydroxyl groups excluding tert-OH is 1. The third-order valence-corrected chi connectivity index (χ3v) is 3.49. The standard InChI is InChI=1S/C15H33NO3/c1-11(2)10-14(13(5)12(3)4)19-15(17)16-8-7-9-18-6/h11-17H,7-10H2,1-6H3/t13?,14-,15?/m0/s1. The lowest BCUT2D eigenvalue weighted by atomic mass is 9.87. The quantitative estimate of drug-likeness (QED) is 0.449. The highest BCUT2D eigenvalue weighted by Crippen LogP contribution is 2.23. The molecule has 0 fully saturated rings. The van der Waals surface area contributed by atoms with Gasteiger partial charge in [-0.3, -0.25) is 5.32 Å². The van der Waals surface area contributed by atoms with Crippen LogP contribution in [0.5, 0.6) is 0 Å². The molecule has 0 heterocycles. The van der Waals surface area contributed by atoms with Gasteiger partial charge in [-0.15, -0.1) is 0 Å². The first-order chi connectivity index (χ1) is 8.88. The van der Waals surface area contributed by atoms with E-state index in [1.165, 1.54) is 0 Å². The molecule has 2 unspecified atom stereocenters. The molecule has 0 saturated carbocycles. The van der Waals surface area contributed by atoms with Crippen LogP contribution >= 0.6 is 0 Å². The molecule has 2 N–H and O–H groups in total. The molecule has 4 nitrogen and oxygen atoms in total. The van der Waals surface area contributed by atoms with E-state index in [0.717, 1.165) is 12.8 Å². The first-order valence-electron chi connectivity index (χ1n) is 7.44. The van der Waals surface area contributed by atoms with E-state index in [1.807, 2.05) is 0 Å². The van der Waals surface area contributed by atoms with Crippen LogP contribution in [0.2, 0.25) is 0 Å². The second-order valence-electron chi connectivity index (χ2n) is 6.06. The Morgan fingerprint density at radius 2 is 1.74 bits per heavy atom. The molecule has 0 aliphatic heterocycles. The van der Waals surface area contributed by atoms with Crippen LogP contribution in [0.25, 0.3) is 0 Å². The molecule has 0 amide bonds. The summed E-state index contributed by atoms with van der Waals surface area (Å²) < 4.78 is 10.7. The monoisotopic (exact) mass is 275 g/mol. The molecule has 0 radical (unpaired) electrons. The highest BCUT2D eigenvalue weighted by atomic mass is 16.6. The van der Waals surface area contributed by atoms with E-state index in [-0.39, 0.29) is 6.10 Å². The molecule has 116 valence electrons. The number of nitrogens with one attached hydrogen (secondary N) is 1. The molecule has 0 saturated heterocycles. The Balaban J connectivity index is 4.15. The van der Waals surface area contributed by atoms with Gasteiger partial charge in [-0.05, 0) is 30.6 Å². The summed E-state index contributed by atoms with van der Waals surface area (Å²) in [6, 6.07) is 0. The molecule has 0 aliphatic rings. The fraction of sp³-hybridized carbons (Fsp3) is 1.00. The molecule has 0 bridgehead atoms. The van der Waals surface area contributed by atoms with Crippen LogP contribution in [0.15, 0.2) is 0 Å². The Bertz CT molecular complexity index is 210. The Labute approximate surface area is 118 Å². The molecule has 4 heteroatoms. The van der Waals surface area contributed by atoms with E-state index in [0.29, 0.717) is 30.9 Å². The normalized spacial score (nSPS) is 16.9. The molecule has 19 heavy (non-hydrogen) atoms. The summed E-state index contributed by atoms with van der Waals surface area (Å²) in [5.41, 5.74) is 0. The summed E-state index contributed by atoms with van der Waals surface area (Å²) in [7, 11) is 1.68. The molecule has 0 spiro atoms. The third-order valence-electron chi connectivity index (χ3n) is 3.49. The molecule has 0 aromatic carbocycles. The molecule has 0 aliphatic carbocycles. The van der Waals surface area contributed by atoms with Gasteiger partial charge in [-0.2, -0.15) is 0 Å². The average molecular weight is 275 g/mol. The van der Waals surface area contributed by atoms with Crippen molar-refractivity contribution in [2.45, 2.75) is 60.0 Å². The fourth-order valence-electron chi connectivity index (χ4n) is 1.94. The minimum atomic E-state index is -0.887. The minimum Gasteiger partial charge on any atom is -0.385 e. The zero-order chi connectivity index (χ0) is 14.8. The summed E-state index contributed by atoms with van der Waals surface area (Å²) in [6.07, 6.45) is 1.04. The number of rotatable bonds is 11. The van der Waals surface area contributed by atoms with Crippen LogP contribution in [0, 0.1) is 17.8 Å². The predicted molar refractivity (Wildman–Crippen MR) is 78.8 cm³/mol. The van der Waals surface area contributed by atoms with E-state index < -0.39 is 6.41 Å². The van der Waals surface area contributed by atoms with E-state index in [4.69, 9.17) is 9.47 Å². The second-order valence-corrected chi connectivity index (χ2v) is 6.06. The molecular weight excluding hydrogens is 242 g/mol. The Morgan fingerprint density at radius 3 is 2.21 bits per heavy atom. The Morgan fingerprint density at radius 1 is 1.11 bits per heavy atom. The van der Waals surface area contributed by atoms with E-state index in [9.17, 15) is 5.11 Å². The van der Waals surface area contributed by atoms with Crippen molar-refractivity contribution in [1.82, 2.24) is 5.32 Å². The zero-order valence-electron chi connectivity index (χ0n) is 13.5. The van der Waals surface area contributed by atoms with Gasteiger partial charge < -0.3 is 14.6 Å². The highest BCUT2D eigenvalue weighted by Gasteiger charge is 2.24. The third kappa shape index (κ3) is 9.38. The van der Waals surface area contributed by atoms with Gasteiger partial charge in [0, 0.05) is 20.3 Å². The lowest BCUT2D eigenvalue weighted by Crippen LogP contribution is -2.39. The van der Waals surface area contributed by atoms with Gasteiger partial charge in [-0.25, -0.2) is 0 Å². The van der Waals surface area contributed by atoms with Crippen LogP contribution in [-0.4, -0.2) is 37.9 Å².